The van der Waals surface area contributed by atoms with E-state index < -0.39 is 0 Å². The SMILES string of the molecule is CN=C(NCc1cccc(Cn2cccn2)c1)NCc1ccc(C)c(F)c1. The lowest BCUT2D eigenvalue weighted by Gasteiger charge is -2.13. The van der Waals surface area contributed by atoms with Gasteiger partial charge < -0.3 is 10.6 Å². The number of rotatable bonds is 6. The molecule has 140 valence electrons. The van der Waals surface area contributed by atoms with E-state index >= 15 is 0 Å². The molecule has 0 aliphatic carbocycles. The quantitative estimate of drug-likeness (QED) is 0.521. The largest absolute Gasteiger partial charge is 0.352 e. The van der Waals surface area contributed by atoms with Crippen molar-refractivity contribution in [2.75, 3.05) is 7.05 Å². The van der Waals surface area contributed by atoms with Gasteiger partial charge in [0.05, 0.1) is 6.54 Å². The average molecular weight is 365 g/mol. The summed E-state index contributed by atoms with van der Waals surface area (Å²) in [6.45, 7) is 3.66. The van der Waals surface area contributed by atoms with Crippen molar-refractivity contribution in [2.45, 2.75) is 26.6 Å². The first-order chi connectivity index (χ1) is 13.1. The van der Waals surface area contributed by atoms with Crippen LogP contribution in [0.4, 0.5) is 4.39 Å². The molecule has 0 aliphatic heterocycles. The maximum Gasteiger partial charge on any atom is 0.191 e. The molecular weight excluding hydrogens is 341 g/mol. The van der Waals surface area contributed by atoms with Crippen molar-refractivity contribution in [1.82, 2.24) is 20.4 Å². The molecule has 3 rings (SSSR count). The van der Waals surface area contributed by atoms with Crippen LogP contribution in [0.2, 0.25) is 0 Å². The molecule has 1 aromatic heterocycles. The molecule has 0 unspecified atom stereocenters. The van der Waals surface area contributed by atoms with Crippen LogP contribution in [-0.4, -0.2) is 22.8 Å². The first kappa shape index (κ1) is 18.6. The predicted molar refractivity (Wildman–Crippen MR) is 106 cm³/mol. The Kier molecular flexibility index (Phi) is 6.20. The molecule has 0 saturated heterocycles. The number of hydrogen-bond acceptors (Lipinski definition) is 2. The summed E-state index contributed by atoms with van der Waals surface area (Å²) in [4.78, 5) is 4.23. The van der Waals surface area contributed by atoms with Crippen LogP contribution in [0.15, 0.2) is 65.9 Å². The van der Waals surface area contributed by atoms with E-state index in [2.05, 4.69) is 38.9 Å². The van der Waals surface area contributed by atoms with Gasteiger partial charge in [-0.2, -0.15) is 5.10 Å². The Morgan fingerprint density at radius 2 is 1.78 bits per heavy atom. The maximum atomic E-state index is 13.6. The molecule has 3 aromatic rings. The van der Waals surface area contributed by atoms with Gasteiger partial charge in [-0.25, -0.2) is 4.39 Å². The molecule has 0 spiro atoms. The van der Waals surface area contributed by atoms with Crippen molar-refractivity contribution in [2.24, 2.45) is 4.99 Å². The minimum absolute atomic E-state index is 0.189. The van der Waals surface area contributed by atoms with Gasteiger partial charge in [0.1, 0.15) is 5.82 Å². The number of guanidine groups is 1. The fraction of sp³-hybridized carbons (Fsp3) is 0.238. The Balaban J connectivity index is 1.53. The van der Waals surface area contributed by atoms with E-state index in [1.807, 2.05) is 29.1 Å². The number of aromatic nitrogens is 2. The molecule has 0 radical (unpaired) electrons. The van der Waals surface area contributed by atoms with Gasteiger partial charge in [0, 0.05) is 32.5 Å². The molecule has 0 atom stereocenters. The zero-order valence-corrected chi connectivity index (χ0v) is 15.6. The third-order valence-corrected chi connectivity index (χ3v) is 4.27. The first-order valence-corrected chi connectivity index (χ1v) is 8.89. The minimum atomic E-state index is -0.189. The number of nitrogens with one attached hydrogen (secondary N) is 2. The second kappa shape index (κ2) is 8.98. The zero-order valence-electron chi connectivity index (χ0n) is 15.6. The highest BCUT2D eigenvalue weighted by atomic mass is 19.1. The second-order valence-corrected chi connectivity index (χ2v) is 6.39. The summed E-state index contributed by atoms with van der Waals surface area (Å²) >= 11 is 0. The summed E-state index contributed by atoms with van der Waals surface area (Å²) < 4.78 is 15.5. The Bertz CT molecular complexity index is 903. The molecule has 27 heavy (non-hydrogen) atoms. The van der Waals surface area contributed by atoms with Crippen LogP contribution < -0.4 is 10.6 Å². The molecule has 6 heteroatoms. The minimum Gasteiger partial charge on any atom is -0.352 e. The van der Waals surface area contributed by atoms with Crippen molar-refractivity contribution in [3.8, 4) is 0 Å². The van der Waals surface area contributed by atoms with Crippen LogP contribution in [0.5, 0.6) is 0 Å². The van der Waals surface area contributed by atoms with E-state index in [0.717, 1.165) is 17.7 Å². The number of hydrogen-bond donors (Lipinski definition) is 2. The van der Waals surface area contributed by atoms with Crippen molar-refractivity contribution in [3.05, 3.63) is 89.0 Å². The fourth-order valence-corrected chi connectivity index (χ4v) is 2.76. The zero-order chi connectivity index (χ0) is 19.1. The Morgan fingerprint density at radius 3 is 2.44 bits per heavy atom. The average Bonchev–Trinajstić information content (AvgIpc) is 3.18. The molecule has 0 amide bonds. The monoisotopic (exact) mass is 365 g/mol. The number of benzene rings is 2. The summed E-state index contributed by atoms with van der Waals surface area (Å²) in [5.74, 6) is 0.486. The van der Waals surface area contributed by atoms with E-state index in [1.54, 1.807) is 32.3 Å². The van der Waals surface area contributed by atoms with E-state index in [1.165, 1.54) is 5.56 Å². The molecule has 2 N–H and O–H groups in total. The smallest absolute Gasteiger partial charge is 0.191 e. The number of halogens is 1. The van der Waals surface area contributed by atoms with Gasteiger partial charge in [-0.05, 0) is 41.3 Å². The molecule has 5 nitrogen and oxygen atoms in total. The molecule has 0 aliphatic rings. The molecule has 0 saturated carbocycles. The standard InChI is InChI=1S/C21H24FN5/c1-16-7-8-18(12-20(16)22)14-25-21(23-2)24-13-17-5-3-6-19(11-17)15-27-10-4-9-26-27/h3-12H,13-15H2,1-2H3,(H2,23,24,25). The third kappa shape index (κ3) is 5.41. The van der Waals surface area contributed by atoms with E-state index in [4.69, 9.17) is 0 Å². The normalized spacial score (nSPS) is 11.4. The Labute approximate surface area is 159 Å². The lowest BCUT2D eigenvalue weighted by molar-refractivity contribution is 0.615. The van der Waals surface area contributed by atoms with E-state index in [0.29, 0.717) is 24.6 Å². The van der Waals surface area contributed by atoms with Crippen molar-refractivity contribution in [3.63, 3.8) is 0 Å². The van der Waals surface area contributed by atoms with Gasteiger partial charge in [-0.15, -0.1) is 0 Å². The van der Waals surface area contributed by atoms with Crippen molar-refractivity contribution in [1.29, 1.82) is 0 Å². The van der Waals surface area contributed by atoms with Crippen LogP contribution in [0.3, 0.4) is 0 Å². The number of aliphatic imine (C=N–C) groups is 1. The highest BCUT2D eigenvalue weighted by Crippen LogP contribution is 2.09. The Hall–Kier alpha value is -3.15. The summed E-state index contributed by atoms with van der Waals surface area (Å²) in [5, 5.41) is 10.7. The van der Waals surface area contributed by atoms with Gasteiger partial charge in [-0.1, -0.05) is 36.4 Å². The molecular formula is C21H24FN5. The first-order valence-electron chi connectivity index (χ1n) is 8.89. The highest BCUT2D eigenvalue weighted by Gasteiger charge is 2.03. The van der Waals surface area contributed by atoms with Gasteiger partial charge >= 0.3 is 0 Å². The lowest BCUT2D eigenvalue weighted by Crippen LogP contribution is -2.36. The van der Waals surface area contributed by atoms with Crippen LogP contribution in [0, 0.1) is 12.7 Å². The van der Waals surface area contributed by atoms with Gasteiger partial charge in [0.2, 0.25) is 0 Å². The van der Waals surface area contributed by atoms with E-state index in [9.17, 15) is 4.39 Å². The highest BCUT2D eigenvalue weighted by molar-refractivity contribution is 5.79. The van der Waals surface area contributed by atoms with Gasteiger partial charge in [0.25, 0.3) is 0 Å². The third-order valence-electron chi connectivity index (χ3n) is 4.27. The number of aryl methyl sites for hydroxylation is 1. The molecule has 2 aromatic carbocycles. The summed E-state index contributed by atoms with van der Waals surface area (Å²) in [7, 11) is 1.72. The molecule has 1 heterocycles. The topological polar surface area (TPSA) is 54.2 Å². The Morgan fingerprint density at radius 1 is 1.04 bits per heavy atom. The second-order valence-electron chi connectivity index (χ2n) is 6.39. The predicted octanol–water partition coefficient (Wildman–Crippen LogP) is 3.24. The summed E-state index contributed by atoms with van der Waals surface area (Å²) in [6, 6.07) is 15.5. The van der Waals surface area contributed by atoms with Crippen molar-refractivity contribution < 1.29 is 4.39 Å². The summed E-state index contributed by atoms with van der Waals surface area (Å²) in [5.41, 5.74) is 3.87. The maximum absolute atomic E-state index is 13.6. The number of nitrogens with zero attached hydrogens (tertiary/aromatic N) is 3. The van der Waals surface area contributed by atoms with Gasteiger partial charge in [0.15, 0.2) is 5.96 Å². The molecule has 0 fully saturated rings. The van der Waals surface area contributed by atoms with E-state index in [-0.39, 0.29) is 5.82 Å². The molecule has 0 bridgehead atoms. The van der Waals surface area contributed by atoms with Crippen LogP contribution in [-0.2, 0) is 19.6 Å². The van der Waals surface area contributed by atoms with Crippen LogP contribution >= 0.6 is 0 Å². The summed E-state index contributed by atoms with van der Waals surface area (Å²) in [6.07, 6.45) is 3.73. The van der Waals surface area contributed by atoms with Crippen LogP contribution in [0.1, 0.15) is 22.3 Å². The fourth-order valence-electron chi connectivity index (χ4n) is 2.76. The lowest BCUT2D eigenvalue weighted by atomic mass is 10.1. The van der Waals surface area contributed by atoms with Crippen LogP contribution in [0.25, 0.3) is 0 Å². The van der Waals surface area contributed by atoms with Gasteiger partial charge in [-0.3, -0.25) is 9.67 Å². The van der Waals surface area contributed by atoms with Crippen molar-refractivity contribution >= 4 is 5.96 Å².